The van der Waals surface area contributed by atoms with Crippen molar-refractivity contribution in [3.63, 3.8) is 0 Å². The van der Waals surface area contributed by atoms with Gasteiger partial charge in [0.25, 0.3) is 0 Å². The molecule has 4 aromatic rings. The van der Waals surface area contributed by atoms with E-state index in [9.17, 15) is 14.3 Å². The Morgan fingerprint density at radius 2 is 1.67 bits per heavy atom. The van der Waals surface area contributed by atoms with Crippen LogP contribution in [0.1, 0.15) is 25.3 Å². The standard InChI is InChI=1S/C28H26ClFN4O2/c1-17(2)18-7-3-4-8-19(18)22-16-31-27(33-11-13-34(14-12-33)28(35)36)21-15-23(29)26(32-25(21)22)20-9-5-6-10-24(20)30/h3-10,15-17H,11-14H2,1-2H3,(H,35,36). The molecule has 1 aliphatic rings. The predicted molar refractivity (Wildman–Crippen MR) is 141 cm³/mol. The highest BCUT2D eigenvalue weighted by atomic mass is 35.5. The molecule has 2 aromatic heterocycles. The van der Waals surface area contributed by atoms with Gasteiger partial charge >= 0.3 is 6.09 Å². The summed E-state index contributed by atoms with van der Waals surface area (Å²) in [6.07, 6.45) is 0.890. The van der Waals surface area contributed by atoms with E-state index in [0.29, 0.717) is 53.8 Å². The normalized spacial score (nSPS) is 14.0. The van der Waals surface area contributed by atoms with Crippen LogP contribution >= 0.6 is 11.6 Å². The number of benzene rings is 2. The van der Waals surface area contributed by atoms with Gasteiger partial charge in [-0.3, -0.25) is 0 Å². The number of amides is 1. The Balaban J connectivity index is 1.73. The molecule has 5 rings (SSSR count). The first-order chi connectivity index (χ1) is 17.3. The molecule has 1 N–H and O–H groups in total. The zero-order valence-electron chi connectivity index (χ0n) is 20.1. The van der Waals surface area contributed by atoms with Crippen LogP contribution in [0.5, 0.6) is 0 Å². The number of halogens is 2. The number of pyridine rings is 2. The van der Waals surface area contributed by atoms with Crippen LogP contribution in [0, 0.1) is 5.82 Å². The van der Waals surface area contributed by atoms with E-state index in [1.807, 2.05) is 18.3 Å². The molecule has 1 aliphatic heterocycles. The molecule has 36 heavy (non-hydrogen) atoms. The molecule has 3 heterocycles. The molecule has 0 spiro atoms. The van der Waals surface area contributed by atoms with Crippen molar-refractivity contribution < 1.29 is 14.3 Å². The van der Waals surface area contributed by atoms with E-state index >= 15 is 0 Å². The van der Waals surface area contributed by atoms with Crippen molar-refractivity contribution in [3.05, 3.63) is 77.2 Å². The lowest BCUT2D eigenvalue weighted by Gasteiger charge is -2.34. The van der Waals surface area contributed by atoms with Crippen LogP contribution in [-0.2, 0) is 0 Å². The van der Waals surface area contributed by atoms with Gasteiger partial charge in [0.2, 0.25) is 0 Å². The number of hydrogen-bond donors (Lipinski definition) is 1. The van der Waals surface area contributed by atoms with E-state index in [1.54, 1.807) is 24.3 Å². The minimum Gasteiger partial charge on any atom is -0.465 e. The number of aromatic nitrogens is 2. The lowest BCUT2D eigenvalue weighted by molar-refractivity contribution is 0.142. The summed E-state index contributed by atoms with van der Waals surface area (Å²) in [4.78, 5) is 24.6. The Morgan fingerprint density at radius 3 is 2.33 bits per heavy atom. The fourth-order valence-corrected chi connectivity index (χ4v) is 5.02. The van der Waals surface area contributed by atoms with Crippen molar-refractivity contribution >= 4 is 34.4 Å². The molecule has 0 atom stereocenters. The molecule has 8 heteroatoms. The maximum atomic E-state index is 14.7. The maximum absolute atomic E-state index is 14.7. The van der Waals surface area contributed by atoms with Crippen LogP contribution in [0.15, 0.2) is 60.8 Å². The van der Waals surface area contributed by atoms with Crippen LogP contribution in [-0.4, -0.2) is 52.2 Å². The highest BCUT2D eigenvalue weighted by Gasteiger charge is 2.25. The molecular formula is C28H26ClFN4O2. The number of rotatable bonds is 4. The number of fused-ring (bicyclic) bond motifs is 1. The third-order valence-electron chi connectivity index (χ3n) is 6.64. The van der Waals surface area contributed by atoms with Gasteiger partial charge in [-0.05, 0) is 35.2 Å². The largest absolute Gasteiger partial charge is 0.465 e. The van der Waals surface area contributed by atoms with Gasteiger partial charge in [-0.1, -0.05) is 61.8 Å². The molecule has 0 radical (unpaired) electrons. The van der Waals surface area contributed by atoms with Crippen LogP contribution < -0.4 is 4.90 Å². The molecule has 1 saturated heterocycles. The van der Waals surface area contributed by atoms with E-state index < -0.39 is 11.9 Å². The number of carbonyl (C=O) groups is 1. The Labute approximate surface area is 214 Å². The molecule has 0 bridgehead atoms. The average molecular weight is 505 g/mol. The third kappa shape index (κ3) is 4.35. The molecule has 1 amide bonds. The van der Waals surface area contributed by atoms with Gasteiger partial charge in [-0.25, -0.2) is 19.2 Å². The van der Waals surface area contributed by atoms with E-state index in [2.05, 4.69) is 30.9 Å². The second kappa shape index (κ2) is 9.74. The second-order valence-corrected chi connectivity index (χ2v) is 9.60. The summed E-state index contributed by atoms with van der Waals surface area (Å²) in [5.41, 5.74) is 4.40. The minimum absolute atomic E-state index is 0.276. The Bertz CT molecular complexity index is 1450. The summed E-state index contributed by atoms with van der Waals surface area (Å²) in [7, 11) is 0. The van der Waals surface area contributed by atoms with E-state index in [0.717, 1.165) is 22.1 Å². The molecule has 0 aliphatic carbocycles. The average Bonchev–Trinajstić information content (AvgIpc) is 2.88. The van der Waals surface area contributed by atoms with Gasteiger partial charge < -0.3 is 14.9 Å². The molecule has 2 aromatic carbocycles. The van der Waals surface area contributed by atoms with Gasteiger partial charge in [-0.15, -0.1) is 0 Å². The highest BCUT2D eigenvalue weighted by Crippen LogP contribution is 2.40. The van der Waals surface area contributed by atoms with Crippen LogP contribution in [0.25, 0.3) is 33.3 Å². The Morgan fingerprint density at radius 1 is 1.00 bits per heavy atom. The van der Waals surface area contributed by atoms with Crippen molar-refractivity contribution in [3.8, 4) is 22.4 Å². The number of carboxylic acid groups (broad SMARTS) is 1. The summed E-state index contributed by atoms with van der Waals surface area (Å²) in [6, 6.07) is 16.4. The van der Waals surface area contributed by atoms with Gasteiger partial charge in [-0.2, -0.15) is 0 Å². The van der Waals surface area contributed by atoms with Gasteiger partial charge in [0, 0.05) is 48.9 Å². The third-order valence-corrected chi connectivity index (χ3v) is 6.93. The van der Waals surface area contributed by atoms with Crippen molar-refractivity contribution in [1.29, 1.82) is 0 Å². The Hall–Kier alpha value is -3.71. The monoisotopic (exact) mass is 504 g/mol. The van der Waals surface area contributed by atoms with Crippen molar-refractivity contribution in [2.75, 3.05) is 31.1 Å². The van der Waals surface area contributed by atoms with Crippen LogP contribution in [0.2, 0.25) is 5.02 Å². The van der Waals surface area contributed by atoms with Gasteiger partial charge in [0.15, 0.2) is 0 Å². The second-order valence-electron chi connectivity index (χ2n) is 9.19. The zero-order chi connectivity index (χ0) is 25.4. The van der Waals surface area contributed by atoms with Crippen molar-refractivity contribution in [2.24, 2.45) is 0 Å². The molecule has 6 nitrogen and oxygen atoms in total. The fraction of sp³-hybridized carbons (Fsp3) is 0.250. The van der Waals surface area contributed by atoms with E-state index in [-0.39, 0.29) is 5.92 Å². The summed E-state index contributed by atoms with van der Waals surface area (Å²) < 4.78 is 14.7. The fourth-order valence-electron chi connectivity index (χ4n) is 4.77. The molecule has 0 unspecified atom stereocenters. The molecule has 184 valence electrons. The first-order valence-electron chi connectivity index (χ1n) is 11.9. The molecular weight excluding hydrogens is 479 g/mol. The number of anilines is 1. The van der Waals surface area contributed by atoms with Gasteiger partial charge in [0.05, 0.1) is 16.2 Å². The summed E-state index contributed by atoms with van der Waals surface area (Å²) >= 11 is 6.70. The summed E-state index contributed by atoms with van der Waals surface area (Å²) in [5.74, 6) is 0.572. The predicted octanol–water partition coefficient (Wildman–Crippen LogP) is 6.68. The summed E-state index contributed by atoms with van der Waals surface area (Å²) in [6.45, 7) is 6.04. The topological polar surface area (TPSA) is 69.6 Å². The van der Waals surface area contributed by atoms with Crippen LogP contribution in [0.3, 0.4) is 0 Å². The summed E-state index contributed by atoms with van der Waals surface area (Å²) in [5, 5.41) is 10.4. The maximum Gasteiger partial charge on any atom is 0.407 e. The molecule has 1 fully saturated rings. The smallest absolute Gasteiger partial charge is 0.407 e. The van der Waals surface area contributed by atoms with Crippen molar-refractivity contribution in [1.82, 2.24) is 14.9 Å². The minimum atomic E-state index is -0.924. The van der Waals surface area contributed by atoms with Crippen LogP contribution in [0.4, 0.5) is 15.0 Å². The Kier molecular flexibility index (Phi) is 6.49. The number of hydrogen-bond acceptors (Lipinski definition) is 4. The number of piperazine rings is 1. The first-order valence-corrected chi connectivity index (χ1v) is 12.3. The first kappa shape index (κ1) is 24.0. The quantitative estimate of drug-likeness (QED) is 0.335. The highest BCUT2D eigenvalue weighted by molar-refractivity contribution is 6.34. The van der Waals surface area contributed by atoms with E-state index in [1.165, 1.54) is 11.0 Å². The van der Waals surface area contributed by atoms with Crippen molar-refractivity contribution in [2.45, 2.75) is 19.8 Å². The lowest BCUT2D eigenvalue weighted by atomic mass is 9.92. The molecule has 0 saturated carbocycles. The lowest BCUT2D eigenvalue weighted by Crippen LogP contribution is -2.48. The number of nitrogens with zero attached hydrogens (tertiary/aromatic N) is 4. The zero-order valence-corrected chi connectivity index (χ0v) is 20.8. The van der Waals surface area contributed by atoms with E-state index in [4.69, 9.17) is 21.6 Å². The van der Waals surface area contributed by atoms with Gasteiger partial charge in [0.1, 0.15) is 11.6 Å². The SMILES string of the molecule is CC(C)c1ccccc1-c1cnc(N2CCN(C(=O)O)CC2)c2cc(Cl)c(-c3ccccc3F)nc12.